The minimum Gasteiger partial charge on any atom is -0.481 e. The number of likely N-dealkylation sites (tertiary alicyclic amines) is 1. The maximum atomic E-state index is 11.5. The molecule has 1 saturated heterocycles. The molecule has 0 aromatic heterocycles. The molecule has 0 atom stereocenters. The Hall–Kier alpha value is -1.26. The third-order valence-corrected chi connectivity index (χ3v) is 4.35. The van der Waals surface area contributed by atoms with Crippen LogP contribution in [0.2, 0.25) is 0 Å². The molecular formula is C12H19NO4. The van der Waals surface area contributed by atoms with Crippen molar-refractivity contribution in [1.29, 1.82) is 0 Å². The molecule has 0 aromatic rings. The topological polar surface area (TPSA) is 77.8 Å². The van der Waals surface area contributed by atoms with Gasteiger partial charge in [-0.05, 0) is 25.2 Å². The molecule has 0 aromatic carbocycles. The summed E-state index contributed by atoms with van der Waals surface area (Å²) in [4.78, 5) is 23.6. The Labute approximate surface area is 100 Å². The van der Waals surface area contributed by atoms with Gasteiger partial charge in [0.25, 0.3) is 0 Å². The second kappa shape index (κ2) is 4.55. The third-order valence-electron chi connectivity index (χ3n) is 4.35. The van der Waals surface area contributed by atoms with Gasteiger partial charge in [0.05, 0.1) is 5.41 Å². The molecule has 1 amide bonds. The van der Waals surface area contributed by atoms with E-state index in [2.05, 4.69) is 0 Å². The normalized spacial score (nSPS) is 24.1. The van der Waals surface area contributed by atoms with Gasteiger partial charge in [0, 0.05) is 13.1 Å². The van der Waals surface area contributed by atoms with E-state index in [-0.39, 0.29) is 0 Å². The molecule has 96 valence electrons. The Balaban J connectivity index is 1.99. The molecular weight excluding hydrogens is 222 g/mol. The number of aliphatic carboxylic acids is 1. The van der Waals surface area contributed by atoms with E-state index < -0.39 is 17.5 Å². The molecule has 1 saturated carbocycles. The fourth-order valence-corrected chi connectivity index (χ4v) is 2.88. The number of amides is 1. The van der Waals surface area contributed by atoms with E-state index in [4.69, 9.17) is 5.11 Å². The minimum atomic E-state index is -0.937. The summed E-state index contributed by atoms with van der Waals surface area (Å²) in [6.45, 7) is 0.711. The van der Waals surface area contributed by atoms with Crippen LogP contribution in [0.4, 0.5) is 4.79 Å². The molecule has 5 nitrogen and oxygen atoms in total. The molecule has 0 spiro atoms. The van der Waals surface area contributed by atoms with E-state index >= 15 is 0 Å². The van der Waals surface area contributed by atoms with E-state index in [1.165, 1.54) is 11.3 Å². The fraction of sp³-hybridized carbons (Fsp3) is 0.833. The van der Waals surface area contributed by atoms with Crippen LogP contribution in [0.5, 0.6) is 0 Å². The maximum Gasteiger partial charge on any atom is 0.407 e. The van der Waals surface area contributed by atoms with Crippen molar-refractivity contribution in [2.24, 2.45) is 11.3 Å². The monoisotopic (exact) mass is 241 g/mol. The first-order valence-electron chi connectivity index (χ1n) is 6.25. The van der Waals surface area contributed by atoms with Crippen molar-refractivity contribution in [3.63, 3.8) is 0 Å². The molecule has 1 aliphatic carbocycles. The van der Waals surface area contributed by atoms with E-state index in [9.17, 15) is 14.7 Å². The summed E-state index contributed by atoms with van der Waals surface area (Å²) < 4.78 is 0. The number of carboxylic acids is 1. The summed E-state index contributed by atoms with van der Waals surface area (Å²) in [5, 5.41) is 18.3. The average Bonchev–Trinajstić information content (AvgIpc) is 2.24. The average molecular weight is 241 g/mol. The van der Waals surface area contributed by atoms with Gasteiger partial charge in [-0.25, -0.2) is 4.79 Å². The van der Waals surface area contributed by atoms with Crippen LogP contribution >= 0.6 is 0 Å². The molecule has 2 rings (SSSR count). The second-order valence-electron chi connectivity index (χ2n) is 5.36. The highest BCUT2D eigenvalue weighted by Gasteiger charge is 2.44. The first kappa shape index (κ1) is 12.2. The van der Waals surface area contributed by atoms with Gasteiger partial charge in [-0.1, -0.05) is 19.3 Å². The highest BCUT2D eigenvalue weighted by Crippen LogP contribution is 2.43. The van der Waals surface area contributed by atoms with Crippen LogP contribution < -0.4 is 0 Å². The van der Waals surface area contributed by atoms with Gasteiger partial charge in [-0.2, -0.15) is 0 Å². The predicted molar refractivity (Wildman–Crippen MR) is 60.9 cm³/mol. The zero-order chi connectivity index (χ0) is 12.5. The molecule has 17 heavy (non-hydrogen) atoms. The van der Waals surface area contributed by atoms with Crippen molar-refractivity contribution in [3.05, 3.63) is 0 Å². The lowest BCUT2D eigenvalue weighted by atomic mass is 9.67. The molecule has 2 N–H and O–H groups in total. The molecule has 2 fully saturated rings. The van der Waals surface area contributed by atoms with Crippen LogP contribution in [-0.4, -0.2) is 40.3 Å². The predicted octanol–water partition coefficient (Wildman–Crippen LogP) is 2.02. The van der Waals surface area contributed by atoms with Crippen molar-refractivity contribution in [3.8, 4) is 0 Å². The van der Waals surface area contributed by atoms with Crippen LogP contribution in [0.25, 0.3) is 0 Å². The SMILES string of the molecule is O=C(O)N1CCC(CC2CCC2)(C(=O)O)CC1. The van der Waals surface area contributed by atoms with Crippen LogP contribution in [0.1, 0.15) is 38.5 Å². The molecule has 5 heteroatoms. The quantitative estimate of drug-likeness (QED) is 0.792. The fourth-order valence-electron chi connectivity index (χ4n) is 2.88. The Morgan fingerprint density at radius 2 is 1.76 bits per heavy atom. The number of piperidine rings is 1. The molecule has 1 aliphatic heterocycles. The lowest BCUT2D eigenvalue weighted by Gasteiger charge is -2.41. The van der Waals surface area contributed by atoms with Gasteiger partial charge in [0.15, 0.2) is 0 Å². The Morgan fingerprint density at radius 3 is 2.12 bits per heavy atom. The zero-order valence-corrected chi connectivity index (χ0v) is 9.89. The van der Waals surface area contributed by atoms with Crippen molar-refractivity contribution >= 4 is 12.1 Å². The summed E-state index contributed by atoms with van der Waals surface area (Å²) in [5.74, 6) is -0.197. The van der Waals surface area contributed by atoms with Crippen molar-refractivity contribution in [2.75, 3.05) is 13.1 Å². The first-order chi connectivity index (χ1) is 8.03. The van der Waals surface area contributed by atoms with Gasteiger partial charge in [-0.15, -0.1) is 0 Å². The summed E-state index contributed by atoms with van der Waals surface area (Å²) in [6.07, 6.45) is 4.20. The van der Waals surface area contributed by atoms with Crippen LogP contribution in [-0.2, 0) is 4.79 Å². The smallest absolute Gasteiger partial charge is 0.407 e. The Kier molecular flexibility index (Phi) is 3.26. The number of rotatable bonds is 3. The summed E-state index contributed by atoms with van der Waals surface area (Å²) in [7, 11) is 0. The van der Waals surface area contributed by atoms with E-state index in [1.807, 2.05) is 0 Å². The summed E-state index contributed by atoms with van der Waals surface area (Å²) >= 11 is 0. The molecule has 2 aliphatic rings. The van der Waals surface area contributed by atoms with E-state index in [0.29, 0.717) is 31.8 Å². The van der Waals surface area contributed by atoms with E-state index in [1.54, 1.807) is 0 Å². The summed E-state index contributed by atoms with van der Waals surface area (Å²) in [6, 6.07) is 0. The number of hydrogen-bond donors (Lipinski definition) is 2. The van der Waals surface area contributed by atoms with Gasteiger partial charge in [0.1, 0.15) is 0 Å². The van der Waals surface area contributed by atoms with Crippen LogP contribution in [0, 0.1) is 11.3 Å². The number of nitrogens with zero attached hydrogens (tertiary/aromatic N) is 1. The molecule has 0 radical (unpaired) electrons. The van der Waals surface area contributed by atoms with Crippen molar-refractivity contribution in [1.82, 2.24) is 4.90 Å². The lowest BCUT2D eigenvalue weighted by Crippen LogP contribution is -2.47. The third kappa shape index (κ3) is 2.37. The van der Waals surface area contributed by atoms with Crippen molar-refractivity contribution < 1.29 is 19.8 Å². The zero-order valence-electron chi connectivity index (χ0n) is 9.89. The number of carbonyl (C=O) groups is 2. The second-order valence-corrected chi connectivity index (χ2v) is 5.36. The van der Waals surface area contributed by atoms with Crippen LogP contribution in [0.3, 0.4) is 0 Å². The summed E-state index contributed by atoms with van der Waals surface area (Å²) in [5.41, 5.74) is -0.670. The highest BCUT2D eigenvalue weighted by atomic mass is 16.4. The van der Waals surface area contributed by atoms with E-state index in [0.717, 1.165) is 19.3 Å². The van der Waals surface area contributed by atoms with Crippen molar-refractivity contribution in [2.45, 2.75) is 38.5 Å². The minimum absolute atomic E-state index is 0.356. The lowest BCUT2D eigenvalue weighted by molar-refractivity contribution is -0.153. The van der Waals surface area contributed by atoms with Gasteiger partial charge >= 0.3 is 12.1 Å². The Bertz CT molecular complexity index is 316. The highest BCUT2D eigenvalue weighted by molar-refractivity contribution is 5.75. The number of carboxylic acid groups (broad SMARTS) is 2. The molecule has 0 unspecified atom stereocenters. The molecule has 1 heterocycles. The number of hydrogen-bond acceptors (Lipinski definition) is 2. The maximum absolute atomic E-state index is 11.5. The van der Waals surface area contributed by atoms with Gasteiger partial charge < -0.3 is 15.1 Å². The molecule has 0 bridgehead atoms. The largest absolute Gasteiger partial charge is 0.481 e. The Morgan fingerprint density at radius 1 is 1.18 bits per heavy atom. The van der Waals surface area contributed by atoms with Crippen LogP contribution in [0.15, 0.2) is 0 Å². The van der Waals surface area contributed by atoms with Gasteiger partial charge in [0.2, 0.25) is 0 Å². The first-order valence-corrected chi connectivity index (χ1v) is 6.25. The standard InChI is InChI=1S/C12H19NO4/c14-10(15)12(8-9-2-1-3-9)4-6-13(7-5-12)11(16)17/h9H,1-8H2,(H,14,15)(H,16,17). The van der Waals surface area contributed by atoms with Gasteiger partial charge in [-0.3, -0.25) is 4.79 Å².